The van der Waals surface area contributed by atoms with Crippen molar-refractivity contribution in [2.75, 3.05) is 19.0 Å². The van der Waals surface area contributed by atoms with Gasteiger partial charge in [0.05, 0.1) is 31.2 Å². The Bertz CT molecular complexity index is 1630. The molecule has 186 valence electrons. The van der Waals surface area contributed by atoms with Crippen LogP contribution in [0.25, 0.3) is 38.6 Å². The topological polar surface area (TPSA) is 73.6 Å². The van der Waals surface area contributed by atoms with Gasteiger partial charge in [-0.1, -0.05) is 18.2 Å². The number of benzene rings is 3. The summed E-state index contributed by atoms with van der Waals surface area (Å²) in [7, 11) is 1.61. The number of furan rings is 1. The van der Waals surface area contributed by atoms with E-state index in [2.05, 4.69) is 10.3 Å². The third-order valence-electron chi connectivity index (χ3n) is 6.27. The van der Waals surface area contributed by atoms with Crippen LogP contribution < -0.4 is 14.8 Å². The van der Waals surface area contributed by atoms with Gasteiger partial charge in [-0.05, 0) is 74.4 Å². The molecule has 0 fully saturated rings. The highest BCUT2D eigenvalue weighted by Gasteiger charge is 2.15. The Morgan fingerprint density at radius 3 is 2.62 bits per heavy atom. The Morgan fingerprint density at radius 1 is 1.05 bits per heavy atom. The molecular formula is C31H28N2O4. The van der Waals surface area contributed by atoms with Gasteiger partial charge in [0, 0.05) is 39.7 Å². The minimum Gasteiger partial charge on any atom is -0.496 e. The maximum atomic E-state index is 13.0. The number of pyridine rings is 1. The second kappa shape index (κ2) is 10.2. The molecule has 5 aromatic rings. The molecule has 0 spiro atoms. The molecule has 0 saturated heterocycles. The lowest BCUT2D eigenvalue weighted by Crippen LogP contribution is -2.09. The molecule has 1 amide bonds. The molecule has 6 nitrogen and oxygen atoms in total. The summed E-state index contributed by atoms with van der Waals surface area (Å²) in [6, 6.07) is 21.4. The Kier molecular flexibility index (Phi) is 6.64. The molecule has 3 aromatic carbocycles. The molecule has 5 rings (SSSR count). The largest absolute Gasteiger partial charge is 0.496 e. The first-order valence-corrected chi connectivity index (χ1v) is 12.2. The van der Waals surface area contributed by atoms with Crippen LogP contribution in [0.4, 0.5) is 5.69 Å². The Balaban J connectivity index is 1.48. The predicted molar refractivity (Wildman–Crippen MR) is 148 cm³/mol. The van der Waals surface area contributed by atoms with Gasteiger partial charge in [-0.15, -0.1) is 0 Å². The van der Waals surface area contributed by atoms with Crippen molar-refractivity contribution in [3.8, 4) is 22.6 Å². The van der Waals surface area contributed by atoms with Crippen LogP contribution in [0.5, 0.6) is 11.5 Å². The minimum atomic E-state index is -0.230. The van der Waals surface area contributed by atoms with Crippen molar-refractivity contribution in [2.24, 2.45) is 0 Å². The van der Waals surface area contributed by atoms with Crippen molar-refractivity contribution in [1.82, 2.24) is 4.98 Å². The number of anilines is 1. The first-order chi connectivity index (χ1) is 18.0. The minimum absolute atomic E-state index is 0.230. The van der Waals surface area contributed by atoms with Gasteiger partial charge >= 0.3 is 0 Å². The standard InChI is InChI=1S/C31H28N2O4/c1-5-36-22-12-10-21(11-13-22)26-18-37-30-17-29(35-4)24(16-25(26)30)19(2)15-31(34)33-28-8-6-7-27-23(28)14-9-20(3)32-27/h6-18H,5H2,1-4H3,(H,33,34)/b19-15+. The Labute approximate surface area is 215 Å². The molecule has 1 N–H and O–H groups in total. The highest BCUT2D eigenvalue weighted by Crippen LogP contribution is 2.38. The zero-order valence-corrected chi connectivity index (χ0v) is 21.3. The quantitative estimate of drug-likeness (QED) is 0.240. The van der Waals surface area contributed by atoms with Crippen LogP contribution in [0.2, 0.25) is 0 Å². The number of hydrogen-bond acceptors (Lipinski definition) is 5. The fraction of sp³-hybridized carbons (Fsp3) is 0.161. The summed E-state index contributed by atoms with van der Waals surface area (Å²) in [4.78, 5) is 17.6. The third kappa shape index (κ3) is 4.91. The van der Waals surface area contributed by atoms with Crippen molar-refractivity contribution >= 4 is 39.0 Å². The third-order valence-corrected chi connectivity index (χ3v) is 6.27. The van der Waals surface area contributed by atoms with Gasteiger partial charge in [-0.25, -0.2) is 0 Å². The molecule has 0 unspecified atom stereocenters. The number of amides is 1. The van der Waals surface area contributed by atoms with E-state index in [1.807, 2.05) is 87.5 Å². The van der Waals surface area contributed by atoms with Crippen LogP contribution in [0.1, 0.15) is 25.1 Å². The van der Waals surface area contributed by atoms with Gasteiger partial charge in [0.25, 0.3) is 0 Å². The van der Waals surface area contributed by atoms with E-state index in [0.29, 0.717) is 23.6 Å². The van der Waals surface area contributed by atoms with E-state index in [4.69, 9.17) is 13.9 Å². The number of fused-ring (bicyclic) bond motifs is 2. The summed E-state index contributed by atoms with van der Waals surface area (Å²) in [5.74, 6) is 1.22. The maximum Gasteiger partial charge on any atom is 0.248 e. The van der Waals surface area contributed by atoms with Gasteiger partial charge in [-0.2, -0.15) is 0 Å². The van der Waals surface area contributed by atoms with Gasteiger partial charge in [-0.3, -0.25) is 9.78 Å². The fourth-order valence-electron chi connectivity index (χ4n) is 4.46. The molecule has 2 heterocycles. The number of hydrogen-bond donors (Lipinski definition) is 1. The number of carbonyl (C=O) groups is 1. The second-order valence-corrected chi connectivity index (χ2v) is 8.80. The molecule has 0 saturated carbocycles. The Morgan fingerprint density at radius 2 is 1.86 bits per heavy atom. The molecule has 0 atom stereocenters. The smallest absolute Gasteiger partial charge is 0.248 e. The molecule has 6 heteroatoms. The molecule has 0 aliphatic rings. The van der Waals surface area contributed by atoms with E-state index < -0.39 is 0 Å². The second-order valence-electron chi connectivity index (χ2n) is 8.80. The molecule has 0 aliphatic carbocycles. The number of nitrogens with zero attached hydrogens (tertiary/aromatic N) is 1. The summed E-state index contributed by atoms with van der Waals surface area (Å²) < 4.78 is 17.1. The normalized spacial score (nSPS) is 11.6. The summed E-state index contributed by atoms with van der Waals surface area (Å²) in [6.45, 7) is 6.42. The number of aryl methyl sites for hydroxylation is 1. The van der Waals surface area contributed by atoms with Crippen LogP contribution in [0.3, 0.4) is 0 Å². The molecule has 2 aromatic heterocycles. The lowest BCUT2D eigenvalue weighted by atomic mass is 9.99. The first-order valence-electron chi connectivity index (χ1n) is 12.2. The fourth-order valence-corrected chi connectivity index (χ4v) is 4.46. The molecule has 0 aliphatic heterocycles. The zero-order valence-electron chi connectivity index (χ0n) is 21.3. The van der Waals surface area contributed by atoms with Crippen LogP contribution >= 0.6 is 0 Å². The van der Waals surface area contributed by atoms with Crippen molar-refractivity contribution in [3.63, 3.8) is 0 Å². The SMILES string of the molecule is CCOc1ccc(-c2coc3cc(OC)c(/C(C)=C/C(=O)Nc4cccc5nc(C)ccc45)cc23)cc1. The number of nitrogens with one attached hydrogen (secondary N) is 1. The van der Waals surface area contributed by atoms with Gasteiger partial charge in [0.2, 0.25) is 5.91 Å². The maximum absolute atomic E-state index is 13.0. The number of allylic oxidation sites excluding steroid dienone is 1. The van der Waals surface area contributed by atoms with Crippen LogP contribution in [-0.4, -0.2) is 24.6 Å². The van der Waals surface area contributed by atoms with Crippen LogP contribution in [0.15, 0.2) is 83.5 Å². The van der Waals surface area contributed by atoms with E-state index in [1.54, 1.807) is 19.4 Å². The number of carbonyl (C=O) groups excluding carboxylic acids is 1. The van der Waals surface area contributed by atoms with Crippen LogP contribution in [0, 0.1) is 6.92 Å². The number of methoxy groups -OCH3 is 1. The number of rotatable bonds is 7. The number of aromatic nitrogens is 1. The lowest BCUT2D eigenvalue weighted by molar-refractivity contribution is -0.111. The highest BCUT2D eigenvalue weighted by molar-refractivity contribution is 6.09. The van der Waals surface area contributed by atoms with Crippen molar-refractivity contribution in [3.05, 3.63) is 90.3 Å². The van der Waals surface area contributed by atoms with Gasteiger partial charge in [0.15, 0.2) is 0 Å². The summed E-state index contributed by atoms with van der Waals surface area (Å²) >= 11 is 0. The van der Waals surface area contributed by atoms with Gasteiger partial charge < -0.3 is 19.2 Å². The summed E-state index contributed by atoms with van der Waals surface area (Å²) in [6.07, 6.45) is 3.33. The molecule has 37 heavy (non-hydrogen) atoms. The Hall–Kier alpha value is -4.58. The van der Waals surface area contributed by atoms with Gasteiger partial charge in [0.1, 0.15) is 17.1 Å². The van der Waals surface area contributed by atoms with Crippen molar-refractivity contribution in [1.29, 1.82) is 0 Å². The predicted octanol–water partition coefficient (Wildman–Crippen LogP) is 7.41. The zero-order chi connectivity index (χ0) is 25.9. The van der Waals surface area contributed by atoms with Crippen molar-refractivity contribution in [2.45, 2.75) is 20.8 Å². The van der Waals surface area contributed by atoms with E-state index in [-0.39, 0.29) is 5.91 Å². The average molecular weight is 493 g/mol. The van der Waals surface area contributed by atoms with E-state index in [0.717, 1.165) is 50.0 Å². The highest BCUT2D eigenvalue weighted by atomic mass is 16.5. The first kappa shape index (κ1) is 24.1. The average Bonchev–Trinajstić information content (AvgIpc) is 3.31. The van der Waals surface area contributed by atoms with E-state index in [9.17, 15) is 4.79 Å². The summed E-state index contributed by atoms with van der Waals surface area (Å²) in [5.41, 5.74) is 6.74. The lowest BCUT2D eigenvalue weighted by Gasteiger charge is -2.11. The van der Waals surface area contributed by atoms with E-state index in [1.165, 1.54) is 0 Å². The van der Waals surface area contributed by atoms with E-state index >= 15 is 0 Å². The molecular weight excluding hydrogens is 464 g/mol. The van der Waals surface area contributed by atoms with Crippen LogP contribution in [-0.2, 0) is 4.79 Å². The molecule has 0 radical (unpaired) electrons. The summed E-state index contributed by atoms with van der Waals surface area (Å²) in [5, 5.41) is 4.83. The number of ether oxygens (including phenoxy) is 2. The molecule has 0 bridgehead atoms. The monoisotopic (exact) mass is 492 g/mol. The van der Waals surface area contributed by atoms with Crippen molar-refractivity contribution < 1.29 is 18.7 Å².